The number of carbonyl (C=O) groups excluding carboxylic acids is 1. The second-order valence-electron chi connectivity index (χ2n) is 9.08. The molecule has 0 spiro atoms. The van der Waals surface area contributed by atoms with Crippen molar-refractivity contribution in [1.29, 1.82) is 1.43 Å². The highest BCUT2D eigenvalue weighted by molar-refractivity contribution is 7.44. The highest BCUT2D eigenvalue weighted by atomic mass is 31.2. The topological polar surface area (TPSA) is 132 Å². The van der Waals surface area contributed by atoms with Crippen molar-refractivity contribution in [3.8, 4) is 0 Å². The van der Waals surface area contributed by atoms with Crippen molar-refractivity contribution in [2.24, 2.45) is 5.92 Å². The summed E-state index contributed by atoms with van der Waals surface area (Å²) in [5, 5.41) is 4.61. The minimum atomic E-state index is -1.68. The molecule has 6 atom stereocenters. The van der Waals surface area contributed by atoms with Crippen LogP contribution in [0.2, 0.25) is 0 Å². The van der Waals surface area contributed by atoms with E-state index in [0.29, 0.717) is 5.56 Å². The fourth-order valence-electron chi connectivity index (χ4n) is 3.77. The number of H-pyrrole nitrogens is 1. The average molecular weight is 523 g/mol. The Hall–Kier alpha value is -1.62. The smallest absolute Gasteiger partial charge is 0.330 e. The van der Waals surface area contributed by atoms with Crippen LogP contribution in [0.15, 0.2) is 15.8 Å². The maximum Gasteiger partial charge on any atom is 0.330 e. The van der Waals surface area contributed by atoms with Crippen molar-refractivity contribution in [3.05, 3.63) is 32.6 Å². The average Bonchev–Trinajstić information content (AvgIpc) is 3.23. The number of carbonyl (C=O) groups is 1. The molecule has 2 N–H and O–H groups in total. The summed E-state index contributed by atoms with van der Waals surface area (Å²) in [4.78, 5) is 38.6. The normalized spacial score (nSPS) is 23.4. The Balaban J connectivity index is 0.00000334. The molecule has 0 aromatic carbocycles. The summed E-state index contributed by atoms with van der Waals surface area (Å²) in [7, 11) is 0.908. The van der Waals surface area contributed by atoms with Crippen LogP contribution >= 0.6 is 8.53 Å². The number of aliphatic hydroxyl groups is 1. The fourth-order valence-corrected chi connectivity index (χ4v) is 5.71. The van der Waals surface area contributed by atoms with E-state index in [9.17, 15) is 14.4 Å². The van der Waals surface area contributed by atoms with Gasteiger partial charge in [-0.1, -0.05) is 7.40 Å². The predicted octanol–water partition coefficient (Wildman–Crippen LogP) is 2.71. The number of esters is 1. The van der Waals surface area contributed by atoms with Gasteiger partial charge in [-0.15, -0.1) is 0 Å². The molecule has 4 unspecified atom stereocenters. The van der Waals surface area contributed by atoms with Crippen molar-refractivity contribution in [2.45, 2.75) is 98.9 Å². The first-order valence-electron chi connectivity index (χ1n) is 12.9. The maximum absolute atomic E-state index is 12.4. The van der Waals surface area contributed by atoms with Gasteiger partial charge in [0.25, 0.3) is 14.1 Å². The lowest BCUT2D eigenvalue weighted by atomic mass is 10.1. The van der Waals surface area contributed by atoms with Crippen molar-refractivity contribution < 1.29 is 29.8 Å². The number of aromatic amines is 1. The van der Waals surface area contributed by atoms with Gasteiger partial charge in [-0.25, -0.2) is 9.46 Å². The molecule has 1 aliphatic heterocycles. The molecule has 2 rings (SSSR count). The van der Waals surface area contributed by atoms with Crippen molar-refractivity contribution in [2.75, 3.05) is 13.7 Å². The van der Waals surface area contributed by atoms with Gasteiger partial charge in [-0.05, 0) is 48.5 Å². The summed E-state index contributed by atoms with van der Waals surface area (Å²) in [5.74, 6) is -0.900. The molecule has 1 aromatic rings. The number of nitrogens with zero attached hydrogens (tertiary/aromatic N) is 2. The van der Waals surface area contributed by atoms with Crippen LogP contribution in [0.3, 0.4) is 0 Å². The molecule has 2 heterocycles. The van der Waals surface area contributed by atoms with Gasteiger partial charge in [0.2, 0.25) is 1.43 Å². The molecule has 11 nitrogen and oxygen atoms in total. The molecule has 0 saturated carbocycles. The molecule has 1 saturated heterocycles. The number of ether oxygens (including phenoxy) is 2. The summed E-state index contributed by atoms with van der Waals surface area (Å²) >= 11 is 0. The second kappa shape index (κ2) is 13.6. The molecule has 0 radical (unpaired) electrons. The lowest BCUT2D eigenvalue weighted by Gasteiger charge is -2.39. The highest BCUT2D eigenvalue weighted by Gasteiger charge is 2.42. The minimum Gasteiger partial charge on any atom is -0.469 e. The number of hydrogen-bond donors (Lipinski definition) is 2. The molecular formula is C23H42N3O8P. The first-order valence-corrected chi connectivity index (χ1v) is 12.6. The van der Waals surface area contributed by atoms with Gasteiger partial charge in [0.15, 0.2) is 0 Å². The SMILES string of the molecule is [2H]OC[C@H]1O[C@@H](n2cc(C)c(=O)[nH]c2=O)CC1OP(OC(C)C(C)C(=O)OC)N(C(C)C)C(C)C.[3H]C. The van der Waals surface area contributed by atoms with Crippen LogP contribution in [0.1, 0.15) is 68.5 Å². The summed E-state index contributed by atoms with van der Waals surface area (Å²) in [6, 6.07) is 0.130. The third kappa shape index (κ3) is 7.68. The van der Waals surface area contributed by atoms with E-state index in [1.165, 1.54) is 25.3 Å². The fraction of sp³-hybridized carbons (Fsp3) is 0.783. The molecule has 202 valence electrons. The van der Waals surface area contributed by atoms with E-state index in [-0.39, 0.29) is 31.1 Å². The van der Waals surface area contributed by atoms with Crippen molar-refractivity contribution in [1.82, 2.24) is 14.2 Å². The van der Waals surface area contributed by atoms with Crippen LogP contribution in [0.25, 0.3) is 0 Å². The summed E-state index contributed by atoms with van der Waals surface area (Å²) in [6.45, 7) is 13.1. The Morgan fingerprint density at radius 1 is 1.37 bits per heavy atom. The van der Waals surface area contributed by atoms with Crippen molar-refractivity contribution >= 4 is 14.5 Å². The number of aryl methyl sites for hydroxylation is 1. The second-order valence-corrected chi connectivity index (χ2v) is 10.4. The van der Waals surface area contributed by atoms with Crippen LogP contribution < -0.4 is 11.2 Å². The number of rotatable bonds is 12. The van der Waals surface area contributed by atoms with E-state index < -0.39 is 50.2 Å². The van der Waals surface area contributed by atoms with Crippen LogP contribution in [0.4, 0.5) is 0 Å². The lowest BCUT2D eigenvalue weighted by molar-refractivity contribution is -0.147. The molecule has 1 aliphatic rings. The molecule has 35 heavy (non-hydrogen) atoms. The lowest BCUT2D eigenvalue weighted by Crippen LogP contribution is -2.38. The van der Waals surface area contributed by atoms with Crippen molar-refractivity contribution in [3.63, 3.8) is 0 Å². The summed E-state index contributed by atoms with van der Waals surface area (Å²) < 4.78 is 40.1. The van der Waals surface area contributed by atoms with E-state index in [1.54, 1.807) is 20.8 Å². The zero-order valence-electron chi connectivity index (χ0n) is 24.1. The quantitative estimate of drug-likeness (QED) is 0.314. The zero-order chi connectivity index (χ0) is 28.4. The molecule has 0 bridgehead atoms. The van der Waals surface area contributed by atoms with Gasteiger partial charge in [-0.3, -0.25) is 19.1 Å². The summed E-state index contributed by atoms with van der Waals surface area (Å²) in [6.07, 6.45) is -0.732. The maximum atomic E-state index is 12.4. The minimum absolute atomic E-state index is 0.0650. The van der Waals surface area contributed by atoms with Gasteiger partial charge in [0.05, 0.1) is 31.8 Å². The predicted molar refractivity (Wildman–Crippen MR) is 134 cm³/mol. The Labute approximate surface area is 211 Å². The van der Waals surface area contributed by atoms with Crippen LogP contribution in [-0.4, -0.2) is 70.8 Å². The number of aliphatic hydroxyl groups excluding tert-OH is 1. The molecule has 1 aromatic heterocycles. The largest absolute Gasteiger partial charge is 0.469 e. The molecule has 0 amide bonds. The van der Waals surface area contributed by atoms with Gasteiger partial charge in [0.1, 0.15) is 12.3 Å². The first-order chi connectivity index (χ1) is 17.4. The molecule has 12 heteroatoms. The van der Waals surface area contributed by atoms with Crippen LogP contribution in [0.5, 0.6) is 0 Å². The number of aromatic nitrogens is 2. The Morgan fingerprint density at radius 3 is 2.54 bits per heavy atom. The number of hydrogen-bond acceptors (Lipinski definition) is 9. The van der Waals surface area contributed by atoms with E-state index in [4.69, 9.17) is 21.3 Å². The van der Waals surface area contributed by atoms with Crippen LogP contribution in [-0.2, 0) is 23.3 Å². The van der Waals surface area contributed by atoms with E-state index in [2.05, 4.69) is 14.8 Å². The molecule has 1 fully saturated rings. The van der Waals surface area contributed by atoms with Crippen LogP contribution in [0, 0.1) is 12.8 Å². The number of methoxy groups -OCH3 is 1. The molecular weight excluding hydrogens is 477 g/mol. The Kier molecular flexibility index (Phi) is 10.9. The monoisotopic (exact) mass is 522 g/mol. The number of nitrogens with one attached hydrogen (secondary N) is 1. The Morgan fingerprint density at radius 2 is 2.00 bits per heavy atom. The van der Waals surface area contributed by atoms with Gasteiger partial charge in [0, 0.05) is 31.6 Å². The third-order valence-corrected chi connectivity index (χ3v) is 8.07. The van der Waals surface area contributed by atoms with Gasteiger partial charge in [-0.2, -0.15) is 0 Å². The zero-order valence-corrected chi connectivity index (χ0v) is 23.0. The van der Waals surface area contributed by atoms with E-state index in [1.807, 2.05) is 27.7 Å². The van der Waals surface area contributed by atoms with Gasteiger partial charge >= 0.3 is 11.7 Å². The van der Waals surface area contributed by atoms with Gasteiger partial charge < -0.3 is 23.6 Å². The standard InChI is InChI=1S/C22H38N3O8P.CH4/c1-12(2)25(13(3)4)34(32-16(7)15(6)21(28)30-8)33-17-9-19(31-18(17)11-26)24-10-14(5)20(27)23-22(24)29;/h10,12-13,15-19,26H,9,11H2,1-8H3,(H,23,27,29);1H4/t15?,16?,17?,18-,19-,34?;/m1./s1/i26D;1T. The highest BCUT2D eigenvalue weighted by Crippen LogP contribution is 2.51. The van der Waals surface area contributed by atoms with E-state index >= 15 is 0 Å². The summed E-state index contributed by atoms with van der Waals surface area (Å²) in [5.41, 5.74) is -0.687. The van der Waals surface area contributed by atoms with E-state index in [0.717, 1.165) is 0 Å². The first kappa shape index (κ1) is 28.0. The third-order valence-electron chi connectivity index (χ3n) is 5.81. The molecule has 0 aliphatic carbocycles. The Bertz CT molecular complexity index is 953.